The summed E-state index contributed by atoms with van der Waals surface area (Å²) in [5.74, 6) is 0. The van der Waals surface area contributed by atoms with Gasteiger partial charge in [0.15, 0.2) is 0 Å². The maximum absolute atomic E-state index is 11.2. The van der Waals surface area contributed by atoms with Crippen LogP contribution < -0.4 is 0 Å². The lowest BCUT2D eigenvalue weighted by atomic mass is 10.4. The second kappa shape index (κ2) is 7.15. The fourth-order valence-electron chi connectivity index (χ4n) is 0.385. The van der Waals surface area contributed by atoms with E-state index in [0.29, 0.717) is 6.33 Å². The van der Waals surface area contributed by atoms with E-state index >= 15 is 0 Å². The Balaban J connectivity index is 3.35. The molecular formula is C8H11F. The monoisotopic (exact) mass is 126 g/mol. The highest BCUT2D eigenvalue weighted by molar-refractivity contribution is 5.09. The minimum Gasteiger partial charge on any atom is -0.216 e. The second-order valence-electron chi connectivity index (χ2n) is 1.54. The lowest BCUT2D eigenvalue weighted by Gasteiger charge is -1.72. The smallest absolute Gasteiger partial charge is 0.0866 e. The molecule has 0 heterocycles. The summed E-state index contributed by atoms with van der Waals surface area (Å²) in [5, 5.41) is 0. The van der Waals surface area contributed by atoms with Crippen LogP contribution in [0, 0.1) is 0 Å². The predicted octanol–water partition coefficient (Wildman–Crippen LogP) is 2.99. The van der Waals surface area contributed by atoms with Crippen molar-refractivity contribution in [1.29, 1.82) is 0 Å². The molecule has 0 aromatic carbocycles. The number of halogens is 1. The van der Waals surface area contributed by atoms with Crippen molar-refractivity contribution in [1.82, 2.24) is 0 Å². The van der Waals surface area contributed by atoms with Gasteiger partial charge in [0.1, 0.15) is 0 Å². The van der Waals surface area contributed by atoms with Crippen LogP contribution in [0.3, 0.4) is 0 Å². The summed E-state index contributed by atoms with van der Waals surface area (Å²) in [5.41, 5.74) is 0. The Morgan fingerprint density at radius 2 is 1.78 bits per heavy atom. The highest BCUT2D eigenvalue weighted by Crippen LogP contribution is 1.82. The van der Waals surface area contributed by atoms with Gasteiger partial charge in [-0.25, -0.2) is 4.39 Å². The van der Waals surface area contributed by atoms with E-state index in [0.717, 1.165) is 6.42 Å². The number of hydrogen-bond donors (Lipinski definition) is 0. The van der Waals surface area contributed by atoms with E-state index in [1.54, 1.807) is 12.2 Å². The first-order chi connectivity index (χ1) is 4.41. The zero-order valence-corrected chi connectivity index (χ0v) is 5.55. The first-order valence-electron chi connectivity index (χ1n) is 3.00. The van der Waals surface area contributed by atoms with Crippen molar-refractivity contribution in [2.75, 3.05) is 0 Å². The van der Waals surface area contributed by atoms with Crippen molar-refractivity contribution in [3.8, 4) is 0 Å². The topological polar surface area (TPSA) is 0 Å². The molecule has 0 unspecified atom stereocenters. The van der Waals surface area contributed by atoms with Crippen molar-refractivity contribution >= 4 is 0 Å². The van der Waals surface area contributed by atoms with Crippen LogP contribution >= 0.6 is 0 Å². The molecule has 0 aliphatic carbocycles. The molecule has 50 valence electrons. The second-order valence-corrected chi connectivity index (χ2v) is 1.54. The molecule has 0 atom stereocenters. The fourth-order valence-corrected chi connectivity index (χ4v) is 0.385. The SMILES string of the molecule is CCC=CC=CC=CF. The third-order valence-corrected chi connectivity index (χ3v) is 0.778. The molecule has 0 aromatic heterocycles. The Labute approximate surface area is 55.4 Å². The van der Waals surface area contributed by atoms with Gasteiger partial charge in [0.2, 0.25) is 0 Å². The summed E-state index contributed by atoms with van der Waals surface area (Å²) < 4.78 is 11.2. The summed E-state index contributed by atoms with van der Waals surface area (Å²) >= 11 is 0. The van der Waals surface area contributed by atoms with Crippen LogP contribution in [0.4, 0.5) is 4.39 Å². The highest BCUT2D eigenvalue weighted by atomic mass is 19.1. The van der Waals surface area contributed by atoms with Crippen LogP contribution in [0.5, 0.6) is 0 Å². The van der Waals surface area contributed by atoms with Crippen molar-refractivity contribution in [2.24, 2.45) is 0 Å². The Morgan fingerprint density at radius 1 is 1.11 bits per heavy atom. The van der Waals surface area contributed by atoms with Gasteiger partial charge in [-0.05, 0) is 12.5 Å². The lowest BCUT2D eigenvalue weighted by Crippen LogP contribution is -1.50. The molecule has 0 aliphatic rings. The van der Waals surface area contributed by atoms with Crippen LogP contribution in [0.2, 0.25) is 0 Å². The van der Waals surface area contributed by atoms with E-state index in [1.165, 1.54) is 6.08 Å². The lowest BCUT2D eigenvalue weighted by molar-refractivity contribution is 0.721. The molecule has 0 aromatic rings. The number of rotatable bonds is 3. The van der Waals surface area contributed by atoms with Gasteiger partial charge >= 0.3 is 0 Å². The molecule has 0 nitrogen and oxygen atoms in total. The van der Waals surface area contributed by atoms with E-state index < -0.39 is 0 Å². The van der Waals surface area contributed by atoms with Gasteiger partial charge in [-0.2, -0.15) is 0 Å². The molecule has 0 amide bonds. The molecule has 9 heavy (non-hydrogen) atoms. The Morgan fingerprint density at radius 3 is 2.33 bits per heavy atom. The van der Waals surface area contributed by atoms with Crippen LogP contribution in [0.25, 0.3) is 0 Å². The van der Waals surface area contributed by atoms with Crippen molar-refractivity contribution < 1.29 is 4.39 Å². The Kier molecular flexibility index (Phi) is 6.47. The van der Waals surface area contributed by atoms with Gasteiger partial charge in [0.25, 0.3) is 0 Å². The van der Waals surface area contributed by atoms with Gasteiger partial charge in [0, 0.05) is 0 Å². The minimum atomic E-state index is 0.510. The molecule has 0 bridgehead atoms. The van der Waals surface area contributed by atoms with Crippen LogP contribution in [0.1, 0.15) is 13.3 Å². The molecule has 0 spiro atoms. The summed E-state index contributed by atoms with van der Waals surface area (Å²) in [6.07, 6.45) is 10.2. The Hall–Kier alpha value is -0.850. The third kappa shape index (κ3) is 7.15. The first kappa shape index (κ1) is 8.15. The molecule has 0 N–H and O–H groups in total. The summed E-state index contributed by atoms with van der Waals surface area (Å²) in [6.45, 7) is 2.05. The van der Waals surface area contributed by atoms with Crippen molar-refractivity contribution in [3.63, 3.8) is 0 Å². The molecule has 0 radical (unpaired) electrons. The predicted molar refractivity (Wildman–Crippen MR) is 38.8 cm³/mol. The van der Waals surface area contributed by atoms with Crippen molar-refractivity contribution in [2.45, 2.75) is 13.3 Å². The molecule has 0 rings (SSSR count). The van der Waals surface area contributed by atoms with Crippen LogP contribution in [-0.4, -0.2) is 0 Å². The average Bonchev–Trinajstić information content (AvgIpc) is 1.89. The van der Waals surface area contributed by atoms with Crippen molar-refractivity contribution in [3.05, 3.63) is 36.7 Å². The summed E-state index contributed by atoms with van der Waals surface area (Å²) in [4.78, 5) is 0. The third-order valence-electron chi connectivity index (χ3n) is 0.778. The van der Waals surface area contributed by atoms with Crippen LogP contribution in [-0.2, 0) is 0 Å². The van der Waals surface area contributed by atoms with E-state index in [1.807, 2.05) is 12.2 Å². The van der Waals surface area contributed by atoms with E-state index in [-0.39, 0.29) is 0 Å². The first-order valence-corrected chi connectivity index (χ1v) is 3.00. The highest BCUT2D eigenvalue weighted by Gasteiger charge is 1.61. The van der Waals surface area contributed by atoms with Gasteiger partial charge in [-0.15, -0.1) is 0 Å². The molecule has 1 heteroatoms. The molecule has 0 saturated carbocycles. The zero-order valence-electron chi connectivity index (χ0n) is 5.55. The molecular weight excluding hydrogens is 115 g/mol. The van der Waals surface area contributed by atoms with E-state index in [4.69, 9.17) is 0 Å². The Bertz CT molecular complexity index is 121. The van der Waals surface area contributed by atoms with Gasteiger partial charge in [-0.3, -0.25) is 0 Å². The zero-order chi connectivity index (χ0) is 6.95. The fraction of sp³-hybridized carbons (Fsp3) is 0.250. The van der Waals surface area contributed by atoms with Gasteiger partial charge in [0.05, 0.1) is 6.33 Å². The standard InChI is InChI=1S/C8H11F/c1-2-3-4-5-6-7-8-9/h3-8H,2H2,1H3. The molecule has 0 aliphatic heterocycles. The van der Waals surface area contributed by atoms with Gasteiger partial charge < -0.3 is 0 Å². The maximum atomic E-state index is 11.2. The van der Waals surface area contributed by atoms with Crippen LogP contribution in [0.15, 0.2) is 36.7 Å². The average molecular weight is 126 g/mol. The maximum Gasteiger partial charge on any atom is 0.0866 e. The van der Waals surface area contributed by atoms with E-state index in [9.17, 15) is 4.39 Å². The minimum absolute atomic E-state index is 0.510. The largest absolute Gasteiger partial charge is 0.216 e. The molecule has 0 saturated heterocycles. The van der Waals surface area contributed by atoms with E-state index in [2.05, 4.69) is 6.92 Å². The normalized spacial score (nSPS) is 12.7. The molecule has 0 fully saturated rings. The number of allylic oxidation sites excluding steroid dienone is 5. The quantitative estimate of drug-likeness (QED) is 0.510. The number of hydrogen-bond acceptors (Lipinski definition) is 0. The summed E-state index contributed by atoms with van der Waals surface area (Å²) in [6, 6.07) is 0. The summed E-state index contributed by atoms with van der Waals surface area (Å²) in [7, 11) is 0. The van der Waals surface area contributed by atoms with Gasteiger partial charge in [-0.1, -0.05) is 31.2 Å².